The van der Waals surface area contributed by atoms with Gasteiger partial charge in [-0.05, 0) is 6.07 Å². The van der Waals surface area contributed by atoms with Crippen LogP contribution in [0.15, 0.2) is 35.1 Å². The molecule has 3 rings (SSSR count). The molecule has 0 bridgehead atoms. The number of H-pyrrole nitrogens is 1. The third kappa shape index (κ3) is 1.36. The maximum absolute atomic E-state index is 11.0. The summed E-state index contributed by atoms with van der Waals surface area (Å²) in [6.45, 7) is 0. The summed E-state index contributed by atoms with van der Waals surface area (Å²) in [7, 11) is 0. The number of rotatable bonds is 2. The highest BCUT2D eigenvalue weighted by atomic mass is 16.5. The summed E-state index contributed by atoms with van der Waals surface area (Å²) >= 11 is 0. The molecule has 0 aliphatic heterocycles. The number of aromatic hydroxyl groups is 1. The number of carboxylic acid groups (broad SMARTS) is 1. The van der Waals surface area contributed by atoms with Gasteiger partial charge in [0, 0.05) is 17.1 Å². The minimum atomic E-state index is -1.11. The van der Waals surface area contributed by atoms with E-state index in [2.05, 4.69) is 10.1 Å². The standard InChI is InChI=1S/C12H8N2O4/c15-9-3-1-2-6-7(4-13-10(6)9)11-8(12(16)17)5-14-18-11/h1-5,13,15H,(H,16,17). The van der Waals surface area contributed by atoms with E-state index in [4.69, 9.17) is 9.63 Å². The summed E-state index contributed by atoms with van der Waals surface area (Å²) in [5.41, 5.74) is 1.07. The van der Waals surface area contributed by atoms with Gasteiger partial charge in [0.2, 0.25) is 0 Å². The second-order valence-corrected chi connectivity index (χ2v) is 3.78. The van der Waals surface area contributed by atoms with Crippen LogP contribution < -0.4 is 0 Å². The lowest BCUT2D eigenvalue weighted by Crippen LogP contribution is -1.95. The van der Waals surface area contributed by atoms with Gasteiger partial charge in [-0.2, -0.15) is 0 Å². The molecule has 6 nitrogen and oxygen atoms in total. The molecule has 3 N–H and O–H groups in total. The number of hydrogen-bond donors (Lipinski definition) is 3. The predicted molar refractivity (Wildman–Crippen MR) is 62.4 cm³/mol. The van der Waals surface area contributed by atoms with E-state index < -0.39 is 5.97 Å². The van der Waals surface area contributed by atoms with E-state index in [-0.39, 0.29) is 17.1 Å². The molecule has 2 heterocycles. The smallest absolute Gasteiger partial charge is 0.341 e. The Hall–Kier alpha value is -2.76. The van der Waals surface area contributed by atoms with Crippen LogP contribution in [0.1, 0.15) is 10.4 Å². The Bertz CT molecular complexity index is 741. The van der Waals surface area contributed by atoms with Gasteiger partial charge in [-0.1, -0.05) is 17.3 Å². The Morgan fingerprint density at radius 3 is 3.00 bits per heavy atom. The molecule has 18 heavy (non-hydrogen) atoms. The van der Waals surface area contributed by atoms with Gasteiger partial charge in [0.05, 0.1) is 11.7 Å². The number of aromatic carboxylic acids is 1. The van der Waals surface area contributed by atoms with Crippen molar-refractivity contribution in [3.63, 3.8) is 0 Å². The highest BCUT2D eigenvalue weighted by molar-refractivity contribution is 6.02. The van der Waals surface area contributed by atoms with Gasteiger partial charge in [0.25, 0.3) is 0 Å². The van der Waals surface area contributed by atoms with E-state index in [1.54, 1.807) is 24.4 Å². The third-order valence-electron chi connectivity index (χ3n) is 2.74. The predicted octanol–water partition coefficient (Wildman–Crippen LogP) is 2.23. The lowest BCUT2D eigenvalue weighted by atomic mass is 10.1. The molecule has 0 saturated carbocycles. The van der Waals surface area contributed by atoms with Crippen LogP contribution >= 0.6 is 0 Å². The fraction of sp³-hybridized carbons (Fsp3) is 0. The van der Waals surface area contributed by atoms with Crippen molar-refractivity contribution in [1.82, 2.24) is 10.1 Å². The zero-order chi connectivity index (χ0) is 12.7. The monoisotopic (exact) mass is 244 g/mol. The molecule has 0 aliphatic carbocycles. The quantitative estimate of drug-likeness (QED) is 0.641. The Kier molecular flexibility index (Phi) is 2.09. The Morgan fingerprint density at radius 1 is 1.39 bits per heavy atom. The van der Waals surface area contributed by atoms with Crippen LogP contribution in [0.25, 0.3) is 22.2 Å². The molecule has 2 aromatic heterocycles. The number of phenols is 1. The molecule has 0 amide bonds. The normalized spacial score (nSPS) is 10.9. The SMILES string of the molecule is O=C(O)c1cnoc1-c1c[nH]c2c(O)cccc12. The van der Waals surface area contributed by atoms with E-state index in [0.29, 0.717) is 16.5 Å². The summed E-state index contributed by atoms with van der Waals surface area (Å²) in [6.07, 6.45) is 2.73. The van der Waals surface area contributed by atoms with E-state index in [9.17, 15) is 9.90 Å². The largest absolute Gasteiger partial charge is 0.506 e. The van der Waals surface area contributed by atoms with Crippen LogP contribution in [-0.4, -0.2) is 26.3 Å². The molecule has 0 spiro atoms. The number of nitrogens with zero attached hydrogens (tertiary/aromatic N) is 1. The van der Waals surface area contributed by atoms with Crippen molar-refractivity contribution in [2.45, 2.75) is 0 Å². The van der Waals surface area contributed by atoms with Gasteiger partial charge in [0.15, 0.2) is 5.76 Å². The molecule has 3 aromatic rings. The minimum absolute atomic E-state index is 0.0146. The van der Waals surface area contributed by atoms with Gasteiger partial charge in [-0.25, -0.2) is 4.79 Å². The highest BCUT2D eigenvalue weighted by Crippen LogP contribution is 2.34. The first kappa shape index (κ1) is 10.4. The Morgan fingerprint density at radius 2 is 2.22 bits per heavy atom. The highest BCUT2D eigenvalue weighted by Gasteiger charge is 2.20. The van der Waals surface area contributed by atoms with Crippen LogP contribution in [0.4, 0.5) is 0 Å². The molecular formula is C12H8N2O4. The molecule has 1 aromatic carbocycles. The molecular weight excluding hydrogens is 236 g/mol. The number of carbonyl (C=O) groups is 1. The van der Waals surface area contributed by atoms with Gasteiger partial charge < -0.3 is 19.7 Å². The van der Waals surface area contributed by atoms with E-state index >= 15 is 0 Å². The van der Waals surface area contributed by atoms with Gasteiger partial charge in [0.1, 0.15) is 11.3 Å². The molecule has 0 aliphatic rings. The number of nitrogens with one attached hydrogen (secondary N) is 1. The van der Waals surface area contributed by atoms with E-state index in [0.717, 1.165) is 6.20 Å². The number of para-hydroxylation sites is 1. The van der Waals surface area contributed by atoms with Crippen molar-refractivity contribution in [3.05, 3.63) is 36.2 Å². The van der Waals surface area contributed by atoms with Crippen molar-refractivity contribution in [2.75, 3.05) is 0 Å². The number of benzene rings is 1. The van der Waals surface area contributed by atoms with Crippen molar-refractivity contribution in [1.29, 1.82) is 0 Å². The van der Waals surface area contributed by atoms with Crippen LogP contribution in [0.2, 0.25) is 0 Å². The third-order valence-corrected chi connectivity index (χ3v) is 2.74. The zero-order valence-corrected chi connectivity index (χ0v) is 9.04. The number of aromatic nitrogens is 2. The van der Waals surface area contributed by atoms with Gasteiger partial charge in [-0.3, -0.25) is 0 Å². The average Bonchev–Trinajstić information content (AvgIpc) is 2.94. The van der Waals surface area contributed by atoms with Crippen LogP contribution in [0.5, 0.6) is 5.75 Å². The topological polar surface area (TPSA) is 99.4 Å². The lowest BCUT2D eigenvalue weighted by Gasteiger charge is -1.97. The first-order valence-corrected chi connectivity index (χ1v) is 5.16. The van der Waals surface area contributed by atoms with Crippen LogP contribution in [0, 0.1) is 0 Å². The van der Waals surface area contributed by atoms with Crippen molar-refractivity contribution >= 4 is 16.9 Å². The fourth-order valence-electron chi connectivity index (χ4n) is 1.91. The summed E-state index contributed by atoms with van der Waals surface area (Å²) in [5.74, 6) is -0.852. The number of aromatic amines is 1. The summed E-state index contributed by atoms with van der Waals surface area (Å²) < 4.78 is 4.99. The molecule has 0 saturated heterocycles. The number of phenolic OH excluding ortho intramolecular Hbond substituents is 1. The Labute approximate surface area is 100 Å². The molecule has 6 heteroatoms. The van der Waals surface area contributed by atoms with E-state index in [1.165, 1.54) is 0 Å². The number of fused-ring (bicyclic) bond motifs is 1. The van der Waals surface area contributed by atoms with Gasteiger partial charge >= 0.3 is 5.97 Å². The number of carboxylic acids is 1. The molecule has 0 atom stereocenters. The van der Waals surface area contributed by atoms with Crippen molar-refractivity contribution in [3.8, 4) is 17.1 Å². The average molecular weight is 244 g/mol. The number of hydrogen-bond acceptors (Lipinski definition) is 4. The fourth-order valence-corrected chi connectivity index (χ4v) is 1.91. The Balaban J connectivity index is 2.29. The summed E-state index contributed by atoms with van der Waals surface area (Å²) in [5, 5.41) is 22.9. The second-order valence-electron chi connectivity index (χ2n) is 3.78. The molecule has 0 radical (unpaired) electrons. The second kappa shape index (κ2) is 3.63. The first-order valence-electron chi connectivity index (χ1n) is 5.16. The summed E-state index contributed by atoms with van der Waals surface area (Å²) in [4.78, 5) is 13.9. The summed E-state index contributed by atoms with van der Waals surface area (Å²) in [6, 6.07) is 4.97. The maximum atomic E-state index is 11.0. The first-order chi connectivity index (χ1) is 8.68. The zero-order valence-electron chi connectivity index (χ0n) is 9.04. The van der Waals surface area contributed by atoms with Crippen LogP contribution in [-0.2, 0) is 0 Å². The minimum Gasteiger partial charge on any atom is -0.506 e. The van der Waals surface area contributed by atoms with Crippen molar-refractivity contribution < 1.29 is 19.5 Å². The molecule has 0 unspecified atom stereocenters. The van der Waals surface area contributed by atoms with Crippen molar-refractivity contribution in [2.24, 2.45) is 0 Å². The van der Waals surface area contributed by atoms with E-state index in [1.807, 2.05) is 0 Å². The van der Waals surface area contributed by atoms with Gasteiger partial charge in [-0.15, -0.1) is 0 Å². The van der Waals surface area contributed by atoms with Crippen LogP contribution in [0.3, 0.4) is 0 Å². The molecule has 0 fully saturated rings. The maximum Gasteiger partial charge on any atom is 0.341 e. The lowest BCUT2D eigenvalue weighted by molar-refractivity contribution is 0.0697. The molecule has 90 valence electrons.